The zero-order valence-electron chi connectivity index (χ0n) is 9.06. The Kier molecular flexibility index (Phi) is 3.41. The van der Waals surface area contributed by atoms with Crippen LogP contribution in [0.4, 0.5) is 11.4 Å². The van der Waals surface area contributed by atoms with Gasteiger partial charge in [0.05, 0.1) is 15.0 Å². The molecule has 0 aliphatic rings. The third-order valence-corrected chi connectivity index (χ3v) is 3.31. The zero-order chi connectivity index (χ0) is 13.3. The number of hydrogen-bond donors (Lipinski definition) is 1. The highest BCUT2D eigenvalue weighted by molar-refractivity contribution is 6.43. The van der Waals surface area contributed by atoms with Crippen LogP contribution >= 0.6 is 23.2 Å². The first-order valence-electron chi connectivity index (χ1n) is 4.99. The van der Waals surface area contributed by atoms with E-state index in [9.17, 15) is 10.1 Å². The number of halogens is 2. The van der Waals surface area contributed by atoms with Crippen molar-refractivity contribution in [1.29, 1.82) is 0 Å². The summed E-state index contributed by atoms with van der Waals surface area (Å²) in [6.07, 6.45) is 0. The van der Waals surface area contributed by atoms with Crippen LogP contribution in [0.2, 0.25) is 10.0 Å². The van der Waals surface area contributed by atoms with Gasteiger partial charge in [0.15, 0.2) is 0 Å². The van der Waals surface area contributed by atoms with Gasteiger partial charge in [0, 0.05) is 28.9 Å². The van der Waals surface area contributed by atoms with E-state index in [4.69, 9.17) is 28.9 Å². The van der Waals surface area contributed by atoms with E-state index in [1.165, 1.54) is 18.2 Å². The Bertz CT molecular complexity index is 629. The molecule has 0 amide bonds. The lowest BCUT2D eigenvalue weighted by atomic mass is 10.0. The molecule has 6 heteroatoms. The lowest BCUT2D eigenvalue weighted by Gasteiger charge is -2.08. The fourth-order valence-electron chi connectivity index (χ4n) is 1.60. The van der Waals surface area contributed by atoms with Crippen molar-refractivity contribution in [2.24, 2.45) is 0 Å². The van der Waals surface area contributed by atoms with Gasteiger partial charge in [-0.2, -0.15) is 0 Å². The molecule has 4 nitrogen and oxygen atoms in total. The van der Waals surface area contributed by atoms with E-state index in [0.717, 1.165) is 0 Å². The van der Waals surface area contributed by atoms with Crippen LogP contribution in [0.3, 0.4) is 0 Å². The molecule has 2 N–H and O–H groups in total. The number of hydrogen-bond acceptors (Lipinski definition) is 3. The van der Waals surface area contributed by atoms with E-state index >= 15 is 0 Å². The van der Waals surface area contributed by atoms with Crippen molar-refractivity contribution in [1.82, 2.24) is 0 Å². The highest BCUT2D eigenvalue weighted by Gasteiger charge is 2.14. The van der Waals surface area contributed by atoms with Crippen LogP contribution in [-0.2, 0) is 0 Å². The molecule has 2 rings (SSSR count). The number of rotatable bonds is 2. The van der Waals surface area contributed by atoms with Gasteiger partial charge in [-0.25, -0.2) is 0 Å². The summed E-state index contributed by atoms with van der Waals surface area (Å²) in [5.41, 5.74) is 7.25. The van der Waals surface area contributed by atoms with E-state index in [2.05, 4.69) is 0 Å². The Hall–Kier alpha value is -1.78. The van der Waals surface area contributed by atoms with Crippen molar-refractivity contribution < 1.29 is 4.92 Å². The Balaban J connectivity index is 2.66. The second kappa shape index (κ2) is 4.84. The van der Waals surface area contributed by atoms with Gasteiger partial charge in [-0.05, 0) is 12.1 Å². The molecule has 0 saturated carbocycles. The maximum Gasteiger partial charge on any atom is 0.270 e. The van der Waals surface area contributed by atoms with Gasteiger partial charge in [-0.15, -0.1) is 0 Å². The standard InChI is InChI=1S/C12H8Cl2N2O2/c13-10-3-1-2-8(12(10)14)9-6-7(16(17)18)4-5-11(9)15/h1-6H,15H2. The summed E-state index contributed by atoms with van der Waals surface area (Å²) in [5, 5.41) is 11.5. The van der Waals surface area contributed by atoms with E-state index in [0.29, 0.717) is 26.9 Å². The monoisotopic (exact) mass is 282 g/mol. The minimum atomic E-state index is -0.485. The highest BCUT2D eigenvalue weighted by atomic mass is 35.5. The lowest BCUT2D eigenvalue weighted by Crippen LogP contribution is -1.94. The van der Waals surface area contributed by atoms with Gasteiger partial charge in [0.2, 0.25) is 0 Å². The molecule has 18 heavy (non-hydrogen) atoms. The Morgan fingerprint density at radius 3 is 2.50 bits per heavy atom. The van der Waals surface area contributed by atoms with Crippen molar-refractivity contribution in [3.05, 3.63) is 56.6 Å². The van der Waals surface area contributed by atoms with Crippen LogP contribution < -0.4 is 5.73 Å². The zero-order valence-corrected chi connectivity index (χ0v) is 10.6. The van der Waals surface area contributed by atoms with Crippen LogP contribution in [0.25, 0.3) is 11.1 Å². The van der Waals surface area contributed by atoms with Crippen molar-refractivity contribution in [3.8, 4) is 11.1 Å². The molecule has 0 bridgehead atoms. The van der Waals surface area contributed by atoms with Crippen LogP contribution in [0.15, 0.2) is 36.4 Å². The summed E-state index contributed by atoms with van der Waals surface area (Å²) in [7, 11) is 0. The van der Waals surface area contributed by atoms with E-state index in [-0.39, 0.29) is 5.69 Å². The smallest absolute Gasteiger partial charge is 0.270 e. The molecule has 0 aliphatic heterocycles. The molecule has 0 unspecified atom stereocenters. The van der Waals surface area contributed by atoms with Gasteiger partial charge in [0.25, 0.3) is 5.69 Å². The lowest BCUT2D eigenvalue weighted by molar-refractivity contribution is -0.384. The number of nitrogens with two attached hydrogens (primary N) is 1. The third kappa shape index (κ3) is 2.25. The summed E-state index contributed by atoms with van der Waals surface area (Å²) in [4.78, 5) is 10.3. The summed E-state index contributed by atoms with van der Waals surface area (Å²) >= 11 is 12.0. The van der Waals surface area contributed by atoms with Crippen LogP contribution in [-0.4, -0.2) is 4.92 Å². The summed E-state index contributed by atoms with van der Waals surface area (Å²) < 4.78 is 0. The van der Waals surface area contributed by atoms with E-state index in [1.807, 2.05) is 0 Å². The van der Waals surface area contributed by atoms with E-state index in [1.54, 1.807) is 18.2 Å². The molecule has 0 fully saturated rings. The number of anilines is 1. The average Bonchev–Trinajstić information content (AvgIpc) is 2.33. The third-order valence-electron chi connectivity index (χ3n) is 2.49. The number of nitrogen functional groups attached to an aromatic ring is 1. The fourth-order valence-corrected chi connectivity index (χ4v) is 2.01. The molecule has 0 saturated heterocycles. The molecule has 0 atom stereocenters. The van der Waals surface area contributed by atoms with Gasteiger partial charge in [-0.1, -0.05) is 35.3 Å². The van der Waals surface area contributed by atoms with Gasteiger partial charge < -0.3 is 5.73 Å². The van der Waals surface area contributed by atoms with Gasteiger partial charge in [0.1, 0.15) is 0 Å². The quantitative estimate of drug-likeness (QED) is 0.511. The largest absolute Gasteiger partial charge is 0.398 e. The highest BCUT2D eigenvalue weighted by Crippen LogP contribution is 2.37. The molecule has 2 aromatic carbocycles. The summed E-state index contributed by atoms with van der Waals surface area (Å²) in [6.45, 7) is 0. The first-order valence-corrected chi connectivity index (χ1v) is 5.74. The Morgan fingerprint density at radius 2 is 1.83 bits per heavy atom. The number of non-ortho nitro benzene ring substituents is 1. The molecule has 0 radical (unpaired) electrons. The SMILES string of the molecule is Nc1ccc([N+](=O)[O-])cc1-c1cccc(Cl)c1Cl. The molecule has 0 aliphatic carbocycles. The summed E-state index contributed by atoms with van der Waals surface area (Å²) in [6, 6.07) is 9.27. The predicted molar refractivity (Wildman–Crippen MR) is 73.0 cm³/mol. The number of nitro groups is 1. The number of nitrogens with zero attached hydrogens (tertiary/aromatic N) is 1. The maximum atomic E-state index is 10.8. The molecule has 92 valence electrons. The number of benzene rings is 2. The minimum Gasteiger partial charge on any atom is -0.398 e. The van der Waals surface area contributed by atoms with Crippen LogP contribution in [0.5, 0.6) is 0 Å². The minimum absolute atomic E-state index is 0.0461. The molecule has 0 aromatic heterocycles. The molecule has 2 aromatic rings. The van der Waals surface area contributed by atoms with Gasteiger partial charge >= 0.3 is 0 Å². The molecule has 0 spiro atoms. The topological polar surface area (TPSA) is 69.2 Å². The van der Waals surface area contributed by atoms with Gasteiger partial charge in [-0.3, -0.25) is 10.1 Å². The average molecular weight is 283 g/mol. The predicted octanol–water partition coefficient (Wildman–Crippen LogP) is 4.15. The number of nitro benzene ring substituents is 1. The molecule has 0 heterocycles. The maximum absolute atomic E-state index is 10.8. The van der Waals surface area contributed by atoms with Crippen molar-refractivity contribution in [2.75, 3.05) is 5.73 Å². The second-order valence-corrected chi connectivity index (χ2v) is 4.42. The molecular weight excluding hydrogens is 275 g/mol. The normalized spacial score (nSPS) is 10.3. The van der Waals surface area contributed by atoms with Crippen LogP contribution in [0.1, 0.15) is 0 Å². The van der Waals surface area contributed by atoms with E-state index < -0.39 is 4.92 Å². The van der Waals surface area contributed by atoms with Crippen molar-refractivity contribution in [2.45, 2.75) is 0 Å². The van der Waals surface area contributed by atoms with Crippen LogP contribution in [0, 0.1) is 10.1 Å². The Morgan fingerprint density at radius 1 is 1.11 bits per heavy atom. The fraction of sp³-hybridized carbons (Fsp3) is 0. The summed E-state index contributed by atoms with van der Waals surface area (Å²) in [5.74, 6) is 0. The first-order chi connectivity index (χ1) is 8.50. The second-order valence-electron chi connectivity index (χ2n) is 3.63. The molecular formula is C12H8Cl2N2O2. The first kappa shape index (κ1) is 12.7. The van der Waals surface area contributed by atoms with Crippen molar-refractivity contribution in [3.63, 3.8) is 0 Å². The Labute approximate surface area is 113 Å². The van der Waals surface area contributed by atoms with Crippen molar-refractivity contribution >= 4 is 34.6 Å².